The van der Waals surface area contributed by atoms with E-state index in [0.717, 1.165) is 5.56 Å². The lowest BCUT2D eigenvalue weighted by molar-refractivity contribution is 0.104. The highest BCUT2D eigenvalue weighted by atomic mass is 19.1. The highest BCUT2D eigenvalue weighted by Crippen LogP contribution is 2.13. The third-order valence-corrected chi connectivity index (χ3v) is 2.43. The smallest absolute Gasteiger partial charge is 0.185 e. The van der Waals surface area contributed by atoms with E-state index < -0.39 is 0 Å². The number of carbonyl (C=O) groups is 1. The zero-order valence-electron chi connectivity index (χ0n) is 9.51. The van der Waals surface area contributed by atoms with Crippen LogP contribution < -0.4 is 0 Å². The van der Waals surface area contributed by atoms with E-state index in [0.29, 0.717) is 5.56 Å². The molecule has 0 aliphatic rings. The Morgan fingerprint density at radius 2 is 1.83 bits per heavy atom. The van der Waals surface area contributed by atoms with Gasteiger partial charge in [-0.1, -0.05) is 18.2 Å². The van der Waals surface area contributed by atoms with Gasteiger partial charge in [-0.2, -0.15) is 0 Å². The molecule has 0 aliphatic heterocycles. The molecule has 90 valence electrons. The number of rotatable bonds is 3. The average molecular weight is 242 g/mol. The van der Waals surface area contributed by atoms with E-state index in [1.807, 2.05) is 0 Å². The predicted octanol–water partition coefficient (Wildman–Crippen LogP) is 3.43. The number of phenolic OH excluding ortho intramolecular Hbond substituents is 1. The molecule has 18 heavy (non-hydrogen) atoms. The highest BCUT2D eigenvalue weighted by Gasteiger charge is 2.01. The molecule has 3 heteroatoms. The van der Waals surface area contributed by atoms with Crippen molar-refractivity contribution in [2.75, 3.05) is 0 Å². The van der Waals surface area contributed by atoms with Gasteiger partial charge in [0.05, 0.1) is 0 Å². The van der Waals surface area contributed by atoms with Crippen LogP contribution in [-0.4, -0.2) is 10.9 Å². The molecule has 0 atom stereocenters. The van der Waals surface area contributed by atoms with Crippen molar-refractivity contribution in [1.82, 2.24) is 0 Å². The van der Waals surface area contributed by atoms with Crippen LogP contribution in [0.2, 0.25) is 0 Å². The second-order valence-corrected chi connectivity index (χ2v) is 3.80. The predicted molar refractivity (Wildman–Crippen MR) is 67.9 cm³/mol. The molecule has 2 rings (SSSR count). The van der Waals surface area contributed by atoms with Crippen molar-refractivity contribution < 1.29 is 14.3 Å². The first-order valence-electron chi connectivity index (χ1n) is 5.42. The summed E-state index contributed by atoms with van der Waals surface area (Å²) in [5.74, 6) is -0.437. The summed E-state index contributed by atoms with van der Waals surface area (Å²) in [6.07, 6.45) is 2.99. The number of aromatic hydroxyl groups is 1. The second kappa shape index (κ2) is 5.27. The summed E-state index contributed by atoms with van der Waals surface area (Å²) < 4.78 is 12.7. The quantitative estimate of drug-likeness (QED) is 0.661. The maximum Gasteiger partial charge on any atom is 0.185 e. The number of carbonyl (C=O) groups excluding carboxylic acids is 1. The summed E-state index contributed by atoms with van der Waals surface area (Å²) in [5.41, 5.74) is 1.15. The van der Waals surface area contributed by atoms with Crippen LogP contribution in [0.5, 0.6) is 5.75 Å². The number of phenols is 1. The number of benzene rings is 2. The van der Waals surface area contributed by atoms with Crippen LogP contribution in [0.15, 0.2) is 54.6 Å². The van der Waals surface area contributed by atoms with Gasteiger partial charge in [0.25, 0.3) is 0 Å². The molecule has 0 amide bonds. The minimum atomic E-state index is -0.372. The second-order valence-electron chi connectivity index (χ2n) is 3.80. The van der Waals surface area contributed by atoms with E-state index in [1.165, 1.54) is 30.3 Å². The van der Waals surface area contributed by atoms with Gasteiger partial charge in [0.1, 0.15) is 11.6 Å². The lowest BCUT2D eigenvalue weighted by atomic mass is 10.1. The molecule has 0 unspecified atom stereocenters. The van der Waals surface area contributed by atoms with Crippen molar-refractivity contribution in [3.05, 3.63) is 71.6 Å². The van der Waals surface area contributed by atoms with Gasteiger partial charge in [0.15, 0.2) is 5.78 Å². The van der Waals surface area contributed by atoms with Crippen LogP contribution >= 0.6 is 0 Å². The minimum Gasteiger partial charge on any atom is -0.508 e. The first kappa shape index (κ1) is 12.0. The highest BCUT2D eigenvalue weighted by molar-refractivity contribution is 6.06. The zero-order valence-corrected chi connectivity index (χ0v) is 9.51. The molecule has 2 nitrogen and oxygen atoms in total. The molecule has 0 saturated carbocycles. The summed E-state index contributed by atoms with van der Waals surface area (Å²) in [7, 11) is 0. The minimum absolute atomic E-state index is 0.145. The average Bonchev–Trinajstić information content (AvgIpc) is 2.37. The number of ketones is 1. The lowest BCUT2D eigenvalue weighted by Gasteiger charge is -1.96. The van der Waals surface area contributed by atoms with E-state index in [-0.39, 0.29) is 17.3 Å². The van der Waals surface area contributed by atoms with Crippen molar-refractivity contribution in [1.29, 1.82) is 0 Å². The van der Waals surface area contributed by atoms with Crippen molar-refractivity contribution >= 4 is 11.9 Å². The SMILES string of the molecule is O=C(/C=C/c1cccc(O)c1)c1ccc(F)cc1. The molecule has 0 aliphatic carbocycles. The number of hydrogen-bond donors (Lipinski definition) is 1. The largest absolute Gasteiger partial charge is 0.508 e. The first-order chi connectivity index (χ1) is 8.65. The monoisotopic (exact) mass is 242 g/mol. The van der Waals surface area contributed by atoms with Crippen LogP contribution in [0.3, 0.4) is 0 Å². The Labute approximate surface area is 104 Å². The van der Waals surface area contributed by atoms with Gasteiger partial charge in [-0.25, -0.2) is 4.39 Å². The summed E-state index contributed by atoms with van der Waals surface area (Å²) in [4.78, 5) is 11.7. The summed E-state index contributed by atoms with van der Waals surface area (Å²) >= 11 is 0. The molecule has 2 aromatic rings. The van der Waals surface area contributed by atoms with Gasteiger partial charge in [0.2, 0.25) is 0 Å². The maximum atomic E-state index is 12.7. The normalized spacial score (nSPS) is 10.7. The van der Waals surface area contributed by atoms with E-state index in [2.05, 4.69) is 0 Å². The molecule has 2 aromatic carbocycles. The van der Waals surface area contributed by atoms with Gasteiger partial charge in [0, 0.05) is 5.56 Å². The topological polar surface area (TPSA) is 37.3 Å². The standard InChI is InChI=1S/C15H11FO2/c16-13-7-5-12(6-8-13)15(18)9-4-11-2-1-3-14(17)10-11/h1-10,17H/b9-4+. The van der Waals surface area contributed by atoms with Gasteiger partial charge in [-0.3, -0.25) is 4.79 Å². The maximum absolute atomic E-state index is 12.7. The molecule has 1 N–H and O–H groups in total. The Kier molecular flexibility index (Phi) is 3.53. The fraction of sp³-hybridized carbons (Fsp3) is 0. The van der Waals surface area contributed by atoms with E-state index in [4.69, 9.17) is 0 Å². The summed E-state index contributed by atoms with van der Waals surface area (Å²) in [5, 5.41) is 9.27. The summed E-state index contributed by atoms with van der Waals surface area (Å²) in [6, 6.07) is 11.9. The first-order valence-corrected chi connectivity index (χ1v) is 5.42. The van der Waals surface area contributed by atoms with Crippen LogP contribution in [0.25, 0.3) is 6.08 Å². The molecular weight excluding hydrogens is 231 g/mol. The fourth-order valence-electron chi connectivity index (χ4n) is 1.51. The number of halogens is 1. The van der Waals surface area contributed by atoms with Crippen molar-refractivity contribution in [2.45, 2.75) is 0 Å². The van der Waals surface area contributed by atoms with Gasteiger partial charge >= 0.3 is 0 Å². The Balaban J connectivity index is 2.14. The van der Waals surface area contributed by atoms with E-state index in [1.54, 1.807) is 30.3 Å². The zero-order chi connectivity index (χ0) is 13.0. The molecule has 0 saturated heterocycles. The summed E-state index contributed by atoms with van der Waals surface area (Å²) in [6.45, 7) is 0. The third kappa shape index (κ3) is 3.04. The molecule has 0 heterocycles. The van der Waals surface area contributed by atoms with Crippen molar-refractivity contribution in [3.63, 3.8) is 0 Å². The Bertz CT molecular complexity index is 586. The molecule has 0 aromatic heterocycles. The number of hydrogen-bond acceptors (Lipinski definition) is 2. The van der Waals surface area contributed by atoms with E-state index in [9.17, 15) is 14.3 Å². The lowest BCUT2D eigenvalue weighted by Crippen LogP contribution is -1.93. The molecule has 0 radical (unpaired) electrons. The van der Waals surface area contributed by atoms with Crippen LogP contribution in [-0.2, 0) is 0 Å². The fourth-order valence-corrected chi connectivity index (χ4v) is 1.51. The van der Waals surface area contributed by atoms with Crippen molar-refractivity contribution in [3.8, 4) is 5.75 Å². The Hall–Kier alpha value is -2.42. The van der Waals surface area contributed by atoms with Crippen LogP contribution in [0.1, 0.15) is 15.9 Å². The Morgan fingerprint density at radius 1 is 1.11 bits per heavy atom. The van der Waals surface area contributed by atoms with Gasteiger partial charge in [-0.15, -0.1) is 0 Å². The van der Waals surface area contributed by atoms with Crippen LogP contribution in [0, 0.1) is 5.82 Å². The molecular formula is C15H11FO2. The Morgan fingerprint density at radius 3 is 2.50 bits per heavy atom. The van der Waals surface area contributed by atoms with Gasteiger partial charge < -0.3 is 5.11 Å². The van der Waals surface area contributed by atoms with Gasteiger partial charge in [-0.05, 0) is 48.0 Å². The number of allylic oxidation sites excluding steroid dienone is 1. The van der Waals surface area contributed by atoms with Crippen LogP contribution in [0.4, 0.5) is 4.39 Å². The third-order valence-electron chi connectivity index (χ3n) is 2.43. The molecule has 0 spiro atoms. The molecule has 0 fully saturated rings. The van der Waals surface area contributed by atoms with E-state index >= 15 is 0 Å². The molecule has 0 bridgehead atoms. The van der Waals surface area contributed by atoms with Crippen molar-refractivity contribution in [2.24, 2.45) is 0 Å².